The van der Waals surface area contributed by atoms with Gasteiger partial charge in [0.15, 0.2) is 5.76 Å². The van der Waals surface area contributed by atoms with E-state index >= 15 is 0 Å². The zero-order chi connectivity index (χ0) is 27.2. The highest BCUT2D eigenvalue weighted by Crippen LogP contribution is 2.28. The van der Waals surface area contributed by atoms with Crippen LogP contribution < -0.4 is 5.56 Å². The molecule has 7 rings (SSSR count). The number of nitrogens with zero attached hydrogens (tertiary/aromatic N) is 4. The van der Waals surface area contributed by atoms with Gasteiger partial charge in [0.2, 0.25) is 5.82 Å². The van der Waals surface area contributed by atoms with Gasteiger partial charge in [-0.3, -0.25) is 4.79 Å². The van der Waals surface area contributed by atoms with Gasteiger partial charge in [0, 0.05) is 43.5 Å². The molecule has 0 aliphatic heterocycles. The molecule has 8 heteroatoms. The van der Waals surface area contributed by atoms with Crippen molar-refractivity contribution in [3.05, 3.63) is 134 Å². The third kappa shape index (κ3) is 4.39. The monoisotopic (exact) mass is 650 g/mol. The molecule has 0 N–H and O–H groups in total. The Morgan fingerprint density at radius 1 is 0.875 bits per heavy atom. The minimum absolute atomic E-state index is 0.264. The highest BCUT2D eigenvalue weighted by atomic mass is 79.9. The summed E-state index contributed by atoms with van der Waals surface area (Å²) in [5, 5.41) is 7.15. The molecule has 0 fully saturated rings. The van der Waals surface area contributed by atoms with E-state index in [2.05, 4.69) is 60.8 Å². The van der Waals surface area contributed by atoms with Crippen molar-refractivity contribution in [3.8, 4) is 11.6 Å². The van der Waals surface area contributed by atoms with Crippen molar-refractivity contribution < 1.29 is 4.42 Å². The molecule has 0 saturated heterocycles. The Morgan fingerprint density at radius 3 is 2.50 bits per heavy atom. The number of para-hydroxylation sites is 3. The molecule has 0 unspecified atom stereocenters. The lowest BCUT2D eigenvalue weighted by molar-refractivity contribution is 0.616. The lowest BCUT2D eigenvalue weighted by Crippen LogP contribution is -2.20. The quantitative estimate of drug-likeness (QED) is 0.176. The molecule has 7 aromatic rings. The molecule has 3 aromatic heterocycles. The van der Waals surface area contributed by atoms with Crippen LogP contribution in [0.25, 0.3) is 44.4 Å². The molecule has 0 spiro atoms. The normalized spacial score (nSPS) is 11.8. The Labute approximate surface area is 245 Å². The molecule has 3 heterocycles. The van der Waals surface area contributed by atoms with Crippen LogP contribution in [0.5, 0.6) is 0 Å². The van der Waals surface area contributed by atoms with Crippen molar-refractivity contribution in [2.75, 3.05) is 0 Å². The fraction of sp³-hybridized carbons (Fsp3) is 0.0312. The van der Waals surface area contributed by atoms with Gasteiger partial charge in [0.1, 0.15) is 5.58 Å². The third-order valence-corrected chi connectivity index (χ3v) is 8.12. The van der Waals surface area contributed by atoms with Crippen LogP contribution in [-0.4, -0.2) is 20.4 Å². The van der Waals surface area contributed by atoms with Crippen LogP contribution in [0.2, 0.25) is 0 Å². The minimum atomic E-state index is -0.264. The molecule has 194 valence electrons. The van der Waals surface area contributed by atoms with Crippen LogP contribution in [0.3, 0.4) is 0 Å². The van der Waals surface area contributed by atoms with Gasteiger partial charge in [0.25, 0.3) is 5.56 Å². The average Bonchev–Trinajstić information content (AvgIpc) is 3.56. The van der Waals surface area contributed by atoms with Gasteiger partial charge < -0.3 is 8.98 Å². The molecule has 0 saturated carbocycles. The lowest BCUT2D eigenvalue weighted by Gasteiger charge is -2.08. The van der Waals surface area contributed by atoms with Crippen molar-refractivity contribution in [2.24, 2.45) is 5.10 Å². The van der Waals surface area contributed by atoms with Crippen LogP contribution in [0, 0.1) is 0 Å². The second-order valence-electron chi connectivity index (χ2n) is 9.43. The molecule has 6 nitrogen and oxygen atoms in total. The first kappa shape index (κ1) is 24.7. The molecule has 4 aromatic carbocycles. The Hall–Kier alpha value is -4.27. The lowest BCUT2D eigenvalue weighted by atomic mass is 10.2. The summed E-state index contributed by atoms with van der Waals surface area (Å²) in [4.78, 5) is 18.5. The molecule has 40 heavy (non-hydrogen) atoms. The van der Waals surface area contributed by atoms with Gasteiger partial charge in [-0.25, -0.2) is 4.98 Å². The number of aromatic nitrogens is 3. The first-order valence-electron chi connectivity index (χ1n) is 12.6. The first-order valence-corrected chi connectivity index (χ1v) is 14.2. The topological polar surface area (TPSA) is 65.3 Å². The van der Waals surface area contributed by atoms with E-state index in [4.69, 9.17) is 14.5 Å². The van der Waals surface area contributed by atoms with Crippen molar-refractivity contribution >= 4 is 70.8 Å². The van der Waals surface area contributed by atoms with E-state index in [-0.39, 0.29) is 5.56 Å². The van der Waals surface area contributed by atoms with Crippen molar-refractivity contribution in [3.63, 3.8) is 0 Å². The molecule has 0 amide bonds. The average molecular weight is 652 g/mol. The van der Waals surface area contributed by atoms with E-state index in [9.17, 15) is 4.79 Å². The maximum atomic E-state index is 13.7. The number of hydrogen-bond donors (Lipinski definition) is 0. The van der Waals surface area contributed by atoms with Gasteiger partial charge in [-0.05, 0) is 48.0 Å². The van der Waals surface area contributed by atoms with Gasteiger partial charge in [-0.2, -0.15) is 9.78 Å². The first-order chi connectivity index (χ1) is 19.5. The maximum Gasteiger partial charge on any atom is 0.282 e. The summed E-state index contributed by atoms with van der Waals surface area (Å²) in [7, 11) is 0. The number of halogens is 2. The van der Waals surface area contributed by atoms with Gasteiger partial charge in [-0.1, -0.05) is 86.5 Å². The summed E-state index contributed by atoms with van der Waals surface area (Å²) in [6.07, 6.45) is 3.78. The van der Waals surface area contributed by atoms with E-state index in [1.54, 1.807) is 12.3 Å². The van der Waals surface area contributed by atoms with Gasteiger partial charge >= 0.3 is 0 Å². The highest BCUT2D eigenvalue weighted by molar-refractivity contribution is 9.11. The van der Waals surface area contributed by atoms with E-state index < -0.39 is 0 Å². The van der Waals surface area contributed by atoms with Crippen molar-refractivity contribution in [1.82, 2.24) is 14.2 Å². The minimum Gasteiger partial charge on any atom is -0.453 e. The third-order valence-electron chi connectivity index (χ3n) is 6.89. The number of rotatable bonds is 5. The fourth-order valence-electron chi connectivity index (χ4n) is 4.94. The van der Waals surface area contributed by atoms with Crippen molar-refractivity contribution in [2.45, 2.75) is 6.54 Å². The second-order valence-corrected chi connectivity index (χ2v) is 11.2. The highest BCUT2D eigenvalue weighted by Gasteiger charge is 2.17. The summed E-state index contributed by atoms with van der Waals surface area (Å²) in [6, 6.07) is 31.2. The molecule has 0 aliphatic rings. The molecular formula is C32H20Br2N4O2. The molecule has 0 bridgehead atoms. The van der Waals surface area contributed by atoms with Crippen LogP contribution in [0.15, 0.2) is 127 Å². The number of benzene rings is 4. The SMILES string of the molecule is O=c1c2ccccc2nc(-c2cc3ccccc3o2)n1N=Cc1cn(Cc2ccc(Br)cc2Br)c2ccccc12. The summed E-state index contributed by atoms with van der Waals surface area (Å²) in [6.45, 7) is 0.671. The number of fused-ring (bicyclic) bond motifs is 3. The summed E-state index contributed by atoms with van der Waals surface area (Å²) in [5.41, 5.74) is 4.15. The second kappa shape index (κ2) is 10.0. The van der Waals surface area contributed by atoms with E-state index in [1.807, 2.05) is 72.8 Å². The summed E-state index contributed by atoms with van der Waals surface area (Å²) < 4.78 is 11.7. The number of furan rings is 1. The molecular weight excluding hydrogens is 632 g/mol. The number of hydrogen-bond acceptors (Lipinski definition) is 4. The Kier molecular flexibility index (Phi) is 6.21. The predicted molar refractivity (Wildman–Crippen MR) is 167 cm³/mol. The van der Waals surface area contributed by atoms with Gasteiger partial charge in [0.05, 0.1) is 17.1 Å². The molecule has 0 atom stereocenters. The zero-order valence-electron chi connectivity index (χ0n) is 21.0. The largest absolute Gasteiger partial charge is 0.453 e. The standard InChI is InChI=1S/C32H20Br2N4O2/c33-23-14-13-21(26(34)16-23)18-37-19-22(24-8-3-5-11-28(24)37)17-35-38-31(30-15-20-7-1-6-12-29(20)40-30)36-27-10-4-2-9-25(27)32(38)39/h1-17,19H,18H2. The Balaban J connectivity index is 1.37. The summed E-state index contributed by atoms with van der Waals surface area (Å²) in [5.74, 6) is 0.822. The Morgan fingerprint density at radius 2 is 1.65 bits per heavy atom. The predicted octanol–water partition coefficient (Wildman–Crippen LogP) is 8.22. The van der Waals surface area contributed by atoms with E-state index in [0.29, 0.717) is 29.0 Å². The fourth-order valence-corrected chi connectivity index (χ4v) is 6.12. The van der Waals surface area contributed by atoms with Crippen LogP contribution in [0.4, 0.5) is 0 Å². The zero-order valence-corrected chi connectivity index (χ0v) is 24.1. The summed E-state index contributed by atoms with van der Waals surface area (Å²) >= 11 is 7.21. The van der Waals surface area contributed by atoms with Gasteiger partial charge in [-0.15, -0.1) is 0 Å². The van der Waals surface area contributed by atoms with Crippen molar-refractivity contribution in [1.29, 1.82) is 0 Å². The smallest absolute Gasteiger partial charge is 0.282 e. The molecule has 0 radical (unpaired) electrons. The molecule has 0 aliphatic carbocycles. The maximum absolute atomic E-state index is 13.7. The van der Waals surface area contributed by atoms with E-state index in [0.717, 1.165) is 41.9 Å². The Bertz CT molecular complexity index is 2120. The van der Waals surface area contributed by atoms with Crippen LogP contribution >= 0.6 is 31.9 Å². The van der Waals surface area contributed by atoms with Crippen LogP contribution in [-0.2, 0) is 6.54 Å². The van der Waals surface area contributed by atoms with E-state index in [1.165, 1.54) is 4.68 Å². The van der Waals surface area contributed by atoms with Crippen LogP contribution in [0.1, 0.15) is 11.1 Å².